The van der Waals surface area contributed by atoms with Crippen molar-refractivity contribution in [1.29, 1.82) is 0 Å². The molecule has 2 aliphatic heterocycles. The van der Waals surface area contributed by atoms with Crippen molar-refractivity contribution in [3.05, 3.63) is 47.0 Å². The predicted molar refractivity (Wildman–Crippen MR) is 128 cm³/mol. The van der Waals surface area contributed by atoms with Gasteiger partial charge < -0.3 is 49.2 Å². The molecule has 0 amide bonds. The number of benzene rings is 2. The Morgan fingerprint density at radius 1 is 0.889 bits per heavy atom. The van der Waals surface area contributed by atoms with Gasteiger partial charge in [0.1, 0.15) is 24.4 Å². The summed E-state index contributed by atoms with van der Waals surface area (Å²) in [6.07, 6.45) is -5.31. The van der Waals surface area contributed by atoms with Gasteiger partial charge in [-0.15, -0.1) is 0 Å². The molecule has 5 N–H and O–H groups in total. The highest BCUT2D eigenvalue weighted by Gasteiger charge is 2.43. The molecule has 2 heterocycles. The highest BCUT2D eigenvalue weighted by atomic mass is 16.7. The fourth-order valence-corrected chi connectivity index (χ4v) is 4.72. The van der Waals surface area contributed by atoms with Crippen molar-refractivity contribution in [3.8, 4) is 23.0 Å². The number of fused-ring (bicyclic) bond motifs is 1. The zero-order valence-corrected chi connectivity index (χ0v) is 20.5. The summed E-state index contributed by atoms with van der Waals surface area (Å²) in [6.45, 7) is 1.49. The molecule has 7 atom stereocenters. The van der Waals surface area contributed by atoms with Crippen LogP contribution in [0.5, 0.6) is 23.0 Å². The molecule has 4 rings (SSSR count). The Labute approximate surface area is 209 Å². The molecular formula is C26H34O10. The number of hydrogen-bond donors (Lipinski definition) is 5. The van der Waals surface area contributed by atoms with Crippen LogP contribution in [0.1, 0.15) is 42.1 Å². The molecule has 0 aliphatic carbocycles. The number of hydrogen-bond acceptors (Lipinski definition) is 10. The van der Waals surface area contributed by atoms with Gasteiger partial charge in [-0.3, -0.25) is 0 Å². The zero-order valence-electron chi connectivity index (χ0n) is 20.5. The van der Waals surface area contributed by atoms with Crippen molar-refractivity contribution in [1.82, 2.24) is 0 Å². The smallest absolute Gasteiger partial charge is 0.229 e. The van der Waals surface area contributed by atoms with Crippen molar-refractivity contribution >= 4 is 0 Å². The van der Waals surface area contributed by atoms with Crippen LogP contribution >= 0.6 is 0 Å². The van der Waals surface area contributed by atoms with Gasteiger partial charge >= 0.3 is 0 Å². The standard InChI is InChI=1S/C26H34O10/c1-13-21(29)22(30)23(31)26(34-13)35-18-7-6-15(11-19(18)32-2)24-17(12-28)16-9-14(5-4-8-27)10-20(33-3)25(16)36-24/h6-7,9-11,13,17,21-24,26-31H,4-5,8,12H2,1-3H3/t13-,17?,21-,22+,23+,24?,26-/m0/s1. The summed E-state index contributed by atoms with van der Waals surface area (Å²) < 4.78 is 28.7. The second kappa shape index (κ2) is 11.2. The van der Waals surface area contributed by atoms with E-state index in [0.717, 1.165) is 16.7 Å². The summed E-state index contributed by atoms with van der Waals surface area (Å²) in [4.78, 5) is 0. The quantitative estimate of drug-likeness (QED) is 0.334. The van der Waals surface area contributed by atoms with Crippen LogP contribution in [-0.2, 0) is 11.2 Å². The molecular weight excluding hydrogens is 472 g/mol. The molecule has 0 aromatic heterocycles. The van der Waals surface area contributed by atoms with Gasteiger partial charge in [-0.1, -0.05) is 12.1 Å². The number of aliphatic hydroxyl groups excluding tert-OH is 5. The van der Waals surface area contributed by atoms with Gasteiger partial charge in [0.25, 0.3) is 0 Å². The topological polar surface area (TPSA) is 147 Å². The van der Waals surface area contributed by atoms with Gasteiger partial charge in [0.15, 0.2) is 23.0 Å². The number of methoxy groups -OCH3 is 2. The highest BCUT2D eigenvalue weighted by Crippen LogP contribution is 2.51. The monoisotopic (exact) mass is 506 g/mol. The van der Waals surface area contributed by atoms with Gasteiger partial charge in [-0.05, 0) is 49.1 Å². The maximum absolute atomic E-state index is 10.3. The maximum atomic E-state index is 10.3. The first-order valence-electron chi connectivity index (χ1n) is 12.0. The van der Waals surface area contributed by atoms with E-state index < -0.39 is 36.8 Å². The molecule has 0 saturated carbocycles. The van der Waals surface area contributed by atoms with E-state index in [4.69, 9.17) is 23.7 Å². The fourth-order valence-electron chi connectivity index (χ4n) is 4.72. The number of aliphatic hydroxyl groups is 5. The lowest BCUT2D eigenvalue weighted by atomic mass is 9.90. The molecule has 2 aliphatic rings. The van der Waals surface area contributed by atoms with Crippen molar-refractivity contribution in [3.63, 3.8) is 0 Å². The minimum absolute atomic E-state index is 0.0809. The number of ether oxygens (including phenoxy) is 5. The lowest BCUT2D eigenvalue weighted by Crippen LogP contribution is -2.58. The van der Waals surface area contributed by atoms with Crippen molar-refractivity contribution in [2.45, 2.75) is 62.5 Å². The molecule has 10 nitrogen and oxygen atoms in total. The Morgan fingerprint density at radius 2 is 1.64 bits per heavy atom. The molecule has 1 saturated heterocycles. The van der Waals surface area contributed by atoms with Crippen LogP contribution in [0, 0.1) is 0 Å². The second-order valence-corrected chi connectivity index (χ2v) is 9.08. The lowest BCUT2D eigenvalue weighted by Gasteiger charge is -2.39. The number of aryl methyl sites for hydroxylation is 1. The Morgan fingerprint density at radius 3 is 2.31 bits per heavy atom. The van der Waals surface area contributed by atoms with E-state index in [0.29, 0.717) is 30.1 Å². The first-order chi connectivity index (χ1) is 17.3. The second-order valence-electron chi connectivity index (χ2n) is 9.08. The average Bonchev–Trinajstić information content (AvgIpc) is 3.27. The van der Waals surface area contributed by atoms with E-state index in [1.165, 1.54) is 7.11 Å². The Bertz CT molecular complexity index is 1040. The summed E-state index contributed by atoms with van der Waals surface area (Å²) in [7, 11) is 3.03. The molecule has 2 aromatic carbocycles. The van der Waals surface area contributed by atoms with Crippen molar-refractivity contribution in [2.24, 2.45) is 0 Å². The summed E-state index contributed by atoms with van der Waals surface area (Å²) in [6, 6.07) is 8.98. The van der Waals surface area contributed by atoms with E-state index in [2.05, 4.69) is 0 Å². The van der Waals surface area contributed by atoms with Crippen LogP contribution in [0.15, 0.2) is 30.3 Å². The lowest BCUT2D eigenvalue weighted by molar-refractivity contribution is -0.268. The summed E-state index contributed by atoms with van der Waals surface area (Å²) in [5.74, 6) is 1.37. The van der Waals surface area contributed by atoms with Crippen LogP contribution in [0.4, 0.5) is 0 Å². The van der Waals surface area contributed by atoms with Gasteiger partial charge in [-0.25, -0.2) is 0 Å². The van der Waals surface area contributed by atoms with E-state index in [9.17, 15) is 25.5 Å². The first kappa shape index (κ1) is 26.5. The third-order valence-corrected chi connectivity index (χ3v) is 6.76. The molecule has 198 valence electrons. The molecule has 0 spiro atoms. The third kappa shape index (κ3) is 4.97. The van der Waals surface area contributed by atoms with Gasteiger partial charge in [-0.2, -0.15) is 0 Å². The van der Waals surface area contributed by atoms with Crippen LogP contribution in [-0.4, -0.2) is 83.7 Å². The molecule has 0 radical (unpaired) electrons. The molecule has 1 fully saturated rings. The van der Waals surface area contributed by atoms with Crippen molar-refractivity contribution < 1.29 is 49.2 Å². The van der Waals surface area contributed by atoms with Crippen LogP contribution in [0.2, 0.25) is 0 Å². The molecule has 2 aromatic rings. The summed E-state index contributed by atoms with van der Waals surface area (Å²) in [5.41, 5.74) is 2.54. The van der Waals surface area contributed by atoms with Crippen LogP contribution in [0.25, 0.3) is 0 Å². The predicted octanol–water partition coefficient (Wildman–Crippen LogP) is 1.04. The molecule has 0 bridgehead atoms. The summed E-state index contributed by atoms with van der Waals surface area (Å²) >= 11 is 0. The van der Waals surface area contributed by atoms with Crippen molar-refractivity contribution in [2.75, 3.05) is 27.4 Å². The maximum Gasteiger partial charge on any atom is 0.229 e. The van der Waals surface area contributed by atoms with E-state index in [1.54, 1.807) is 32.2 Å². The van der Waals surface area contributed by atoms with E-state index >= 15 is 0 Å². The first-order valence-corrected chi connectivity index (χ1v) is 12.0. The van der Waals surface area contributed by atoms with Gasteiger partial charge in [0, 0.05) is 12.2 Å². The highest BCUT2D eigenvalue weighted by molar-refractivity contribution is 5.56. The SMILES string of the molecule is COc1cc(C2Oc3c(OC)cc(CCCO)cc3C2CO)ccc1O[C@@H]1O[C@@H](C)[C@H](O)[C@@H](O)[C@H]1O. The van der Waals surface area contributed by atoms with E-state index in [1.807, 2.05) is 12.1 Å². The normalized spacial score (nSPS) is 29.4. The van der Waals surface area contributed by atoms with Gasteiger partial charge in [0.2, 0.25) is 6.29 Å². The minimum Gasteiger partial charge on any atom is -0.493 e. The molecule has 36 heavy (non-hydrogen) atoms. The number of rotatable bonds is 9. The fraction of sp³-hybridized carbons (Fsp3) is 0.538. The van der Waals surface area contributed by atoms with Gasteiger partial charge in [0.05, 0.1) is 32.8 Å². The molecule has 2 unspecified atom stereocenters. The molecule has 10 heteroatoms. The van der Waals surface area contributed by atoms with Crippen LogP contribution in [0.3, 0.4) is 0 Å². The Balaban J connectivity index is 1.60. The largest absolute Gasteiger partial charge is 0.493 e. The Kier molecular flexibility index (Phi) is 8.23. The van der Waals surface area contributed by atoms with E-state index in [-0.39, 0.29) is 24.9 Å². The van der Waals surface area contributed by atoms with Crippen LogP contribution < -0.4 is 18.9 Å². The average molecular weight is 507 g/mol. The zero-order chi connectivity index (χ0) is 26.0. The minimum atomic E-state index is -1.46. The third-order valence-electron chi connectivity index (χ3n) is 6.76. The summed E-state index contributed by atoms with van der Waals surface area (Å²) in [5, 5.41) is 49.8. The Hall–Kier alpha value is -2.60.